The third-order valence-electron chi connectivity index (χ3n) is 12.9. The molecule has 4 nitrogen and oxygen atoms in total. The highest BCUT2D eigenvalue weighted by Crippen LogP contribution is 2.42. The molecule has 2 aromatic heterocycles. The fourth-order valence-electron chi connectivity index (χ4n) is 9.86. The van der Waals surface area contributed by atoms with Crippen LogP contribution in [0.15, 0.2) is 253 Å². The maximum atomic E-state index is 6.56. The van der Waals surface area contributed by atoms with Crippen LogP contribution < -0.4 is 20.7 Å². The van der Waals surface area contributed by atoms with Crippen LogP contribution in [0.2, 0.25) is 0 Å². The monoisotopic (exact) mass is 859 g/mol. The fourth-order valence-corrected chi connectivity index (χ4v) is 14.6. The van der Waals surface area contributed by atoms with Gasteiger partial charge in [-0.05, 0) is 78.0 Å². The SMILES string of the molecule is c1ccc(-c2ccc3c(c2)oc2cccc(-c4ccc(-c5nc(-c6ccccc6)nc(-c6ccc([Si](c7ccccc7)(c7ccccc7)c7ccccc7)cc6)n5)c5ccccc45)c23)cc1. The van der Waals surface area contributed by atoms with Crippen LogP contribution in [0.4, 0.5) is 0 Å². The summed E-state index contributed by atoms with van der Waals surface area (Å²) in [6.07, 6.45) is 0. The van der Waals surface area contributed by atoms with Crippen molar-refractivity contribution in [2.45, 2.75) is 0 Å². The van der Waals surface area contributed by atoms with Gasteiger partial charge in [-0.2, -0.15) is 0 Å². The van der Waals surface area contributed by atoms with E-state index < -0.39 is 8.07 Å². The van der Waals surface area contributed by atoms with Gasteiger partial charge < -0.3 is 4.42 Å². The fraction of sp³-hybridized carbons (Fsp3) is 0. The van der Waals surface area contributed by atoms with Crippen LogP contribution in [0, 0.1) is 0 Å². The summed E-state index contributed by atoms with van der Waals surface area (Å²) in [5.74, 6) is 1.86. The summed E-state index contributed by atoms with van der Waals surface area (Å²) in [6.45, 7) is 0. The molecule has 0 unspecified atom stereocenters. The zero-order valence-electron chi connectivity index (χ0n) is 35.9. The van der Waals surface area contributed by atoms with Crippen LogP contribution in [0.5, 0.6) is 0 Å². The highest BCUT2D eigenvalue weighted by Gasteiger charge is 2.41. The second-order valence-corrected chi connectivity index (χ2v) is 20.5. The molecule has 10 aromatic carbocycles. The maximum absolute atomic E-state index is 6.56. The van der Waals surface area contributed by atoms with Crippen LogP contribution >= 0.6 is 0 Å². The second-order valence-electron chi connectivity index (χ2n) is 16.7. The molecule has 0 saturated heterocycles. The molecule has 0 saturated carbocycles. The topological polar surface area (TPSA) is 51.8 Å². The molecule has 2 heterocycles. The lowest BCUT2D eigenvalue weighted by atomic mass is 9.92. The normalized spacial score (nSPS) is 11.6. The molecule has 12 rings (SSSR count). The molecule has 310 valence electrons. The molecular weight excluding hydrogens is 819 g/mol. The zero-order chi connectivity index (χ0) is 43.9. The molecule has 0 bridgehead atoms. The lowest BCUT2D eigenvalue weighted by molar-refractivity contribution is 0.669. The van der Waals surface area contributed by atoms with Crippen molar-refractivity contribution in [2.75, 3.05) is 0 Å². The number of fused-ring (bicyclic) bond motifs is 4. The van der Waals surface area contributed by atoms with E-state index in [0.29, 0.717) is 17.5 Å². The van der Waals surface area contributed by atoms with Gasteiger partial charge in [0.05, 0.1) is 0 Å². The first-order chi connectivity index (χ1) is 32.7. The average Bonchev–Trinajstić information content (AvgIpc) is 3.79. The van der Waals surface area contributed by atoms with E-state index in [-0.39, 0.29) is 0 Å². The van der Waals surface area contributed by atoms with Gasteiger partial charge in [-0.1, -0.05) is 224 Å². The Kier molecular flexibility index (Phi) is 9.81. The average molecular weight is 860 g/mol. The van der Waals surface area contributed by atoms with Crippen molar-refractivity contribution in [3.63, 3.8) is 0 Å². The van der Waals surface area contributed by atoms with Crippen molar-refractivity contribution < 1.29 is 4.42 Å². The van der Waals surface area contributed by atoms with E-state index in [1.807, 2.05) is 24.3 Å². The molecule has 0 atom stereocenters. The quantitative estimate of drug-likeness (QED) is 0.107. The van der Waals surface area contributed by atoms with E-state index in [4.69, 9.17) is 19.4 Å². The minimum absolute atomic E-state index is 0.618. The maximum Gasteiger partial charge on any atom is 0.179 e. The molecule has 12 aromatic rings. The number of benzene rings is 10. The molecule has 0 aliphatic carbocycles. The first kappa shape index (κ1) is 39.1. The summed E-state index contributed by atoms with van der Waals surface area (Å²) >= 11 is 0. The van der Waals surface area contributed by atoms with Gasteiger partial charge in [-0.15, -0.1) is 0 Å². The van der Waals surface area contributed by atoms with E-state index in [1.165, 1.54) is 20.7 Å². The van der Waals surface area contributed by atoms with Gasteiger partial charge in [0, 0.05) is 27.5 Å². The molecule has 5 heteroatoms. The molecule has 0 spiro atoms. The number of hydrogen-bond acceptors (Lipinski definition) is 4. The van der Waals surface area contributed by atoms with Crippen LogP contribution in [0.3, 0.4) is 0 Å². The summed E-state index contributed by atoms with van der Waals surface area (Å²) in [6, 6.07) is 88.5. The molecule has 0 N–H and O–H groups in total. The van der Waals surface area contributed by atoms with Gasteiger partial charge >= 0.3 is 0 Å². The number of rotatable bonds is 9. The predicted molar refractivity (Wildman–Crippen MR) is 275 cm³/mol. The summed E-state index contributed by atoms with van der Waals surface area (Å²) < 4.78 is 6.56. The summed E-state index contributed by atoms with van der Waals surface area (Å²) in [7, 11) is -2.72. The van der Waals surface area contributed by atoms with Gasteiger partial charge in [-0.3, -0.25) is 0 Å². The Labute approximate surface area is 384 Å². The van der Waals surface area contributed by atoms with Gasteiger partial charge in [0.25, 0.3) is 0 Å². The third kappa shape index (κ3) is 6.73. The summed E-state index contributed by atoms with van der Waals surface area (Å²) in [4.78, 5) is 15.7. The van der Waals surface area contributed by atoms with Crippen molar-refractivity contribution in [1.29, 1.82) is 0 Å². The Morgan fingerprint density at radius 1 is 0.273 bits per heavy atom. The molecule has 0 aliphatic rings. The van der Waals surface area contributed by atoms with Crippen molar-refractivity contribution in [3.8, 4) is 56.4 Å². The van der Waals surface area contributed by atoms with Crippen molar-refractivity contribution >= 4 is 61.5 Å². The van der Waals surface area contributed by atoms with Gasteiger partial charge in [-0.25, -0.2) is 15.0 Å². The highest BCUT2D eigenvalue weighted by molar-refractivity contribution is 7.19. The van der Waals surface area contributed by atoms with Crippen LogP contribution in [0.1, 0.15) is 0 Å². The van der Waals surface area contributed by atoms with Crippen molar-refractivity contribution in [1.82, 2.24) is 15.0 Å². The second kappa shape index (κ2) is 16.6. The van der Waals surface area contributed by atoms with Crippen LogP contribution in [0.25, 0.3) is 89.1 Å². The third-order valence-corrected chi connectivity index (χ3v) is 17.7. The van der Waals surface area contributed by atoms with Crippen LogP contribution in [-0.2, 0) is 0 Å². The van der Waals surface area contributed by atoms with Crippen molar-refractivity contribution in [2.24, 2.45) is 0 Å². The summed E-state index contributed by atoms with van der Waals surface area (Å²) in [5, 5.41) is 9.62. The number of aromatic nitrogens is 3. The van der Waals surface area contributed by atoms with E-state index in [1.54, 1.807) is 0 Å². The van der Waals surface area contributed by atoms with E-state index in [2.05, 4.69) is 224 Å². The highest BCUT2D eigenvalue weighted by atomic mass is 28.3. The Bertz CT molecular complexity index is 3580. The molecule has 0 aliphatic heterocycles. The van der Waals surface area contributed by atoms with E-state index in [0.717, 1.165) is 71.7 Å². The zero-order valence-corrected chi connectivity index (χ0v) is 36.9. The Morgan fingerprint density at radius 3 is 1.32 bits per heavy atom. The number of nitrogens with zero attached hydrogens (tertiary/aromatic N) is 3. The van der Waals surface area contributed by atoms with E-state index >= 15 is 0 Å². The largest absolute Gasteiger partial charge is 0.456 e. The predicted octanol–water partition coefficient (Wildman–Crippen LogP) is 12.6. The Morgan fingerprint density at radius 2 is 0.727 bits per heavy atom. The smallest absolute Gasteiger partial charge is 0.179 e. The Balaban J connectivity index is 1.00. The summed E-state index contributed by atoms with van der Waals surface area (Å²) in [5.41, 5.74) is 9.03. The first-order valence-electron chi connectivity index (χ1n) is 22.3. The molecule has 66 heavy (non-hydrogen) atoms. The molecule has 0 amide bonds. The minimum atomic E-state index is -2.72. The number of furan rings is 1. The van der Waals surface area contributed by atoms with Gasteiger partial charge in [0.1, 0.15) is 11.2 Å². The Hall–Kier alpha value is -8.51. The lowest BCUT2D eigenvalue weighted by Crippen LogP contribution is -2.74. The van der Waals surface area contributed by atoms with Gasteiger partial charge in [0.15, 0.2) is 25.5 Å². The first-order valence-corrected chi connectivity index (χ1v) is 24.3. The van der Waals surface area contributed by atoms with E-state index in [9.17, 15) is 0 Å². The molecule has 0 fully saturated rings. The molecule has 0 radical (unpaired) electrons. The van der Waals surface area contributed by atoms with Gasteiger partial charge in [0.2, 0.25) is 0 Å². The minimum Gasteiger partial charge on any atom is -0.456 e. The number of hydrogen-bond donors (Lipinski definition) is 0. The lowest BCUT2D eigenvalue weighted by Gasteiger charge is -2.34. The van der Waals surface area contributed by atoms with Crippen molar-refractivity contribution in [3.05, 3.63) is 249 Å². The van der Waals surface area contributed by atoms with Crippen LogP contribution in [-0.4, -0.2) is 23.0 Å². The standard InChI is InChI=1S/C61H41N3OSi/c1-6-19-42(20-7-1)45-35-38-55-57(41-45)65-56-32-18-31-53(58(55)56)52-39-40-54(51-30-17-16-29-50(51)52)61-63-59(43-21-8-2-9-22-43)62-60(64-61)44-33-36-49(37-34-44)66(46-23-10-3-11-24-46,47-25-12-4-13-26-47)48-27-14-5-15-28-48/h1-41H. The molecular formula is C61H41N3OSi.